The highest BCUT2D eigenvalue weighted by atomic mass is 32.2. The number of oxazole rings is 1. The molecule has 0 spiro atoms. The first-order chi connectivity index (χ1) is 22.0. The molecule has 0 saturated carbocycles. The van der Waals surface area contributed by atoms with Gasteiger partial charge in [0, 0.05) is 25.5 Å². The van der Waals surface area contributed by atoms with Gasteiger partial charge in [0.1, 0.15) is 11.1 Å². The third kappa shape index (κ3) is 9.37. The molecule has 11 nitrogen and oxygen atoms in total. The van der Waals surface area contributed by atoms with Crippen LogP contribution in [0.2, 0.25) is 0 Å². The number of ketones is 1. The van der Waals surface area contributed by atoms with Gasteiger partial charge in [-0.05, 0) is 56.5 Å². The second kappa shape index (κ2) is 14.3. The van der Waals surface area contributed by atoms with Gasteiger partial charge in [-0.1, -0.05) is 42.5 Å². The molecule has 15 heteroatoms. The minimum absolute atomic E-state index is 0.0135. The summed E-state index contributed by atoms with van der Waals surface area (Å²) >= 11 is 0. The number of carbonyl (C=O) groups is 3. The number of fused-ring (bicyclic) bond motifs is 1. The molecular formula is C32H33F3N4O7S. The number of para-hydroxylation sites is 2. The molecule has 2 unspecified atom stereocenters. The molecule has 0 bridgehead atoms. The number of nitrogens with zero attached hydrogens (tertiary/aromatic N) is 2. The zero-order valence-corrected chi connectivity index (χ0v) is 26.5. The van der Waals surface area contributed by atoms with Gasteiger partial charge in [-0.2, -0.15) is 13.2 Å². The maximum Gasteiger partial charge on any atom is 0.416 e. The summed E-state index contributed by atoms with van der Waals surface area (Å²) in [7, 11) is -4.69. The van der Waals surface area contributed by atoms with Crippen molar-refractivity contribution in [2.45, 2.75) is 55.9 Å². The van der Waals surface area contributed by atoms with Crippen molar-refractivity contribution in [2.75, 3.05) is 13.1 Å². The number of aromatic nitrogens is 2. The highest BCUT2D eigenvalue weighted by molar-refractivity contribution is 7.92. The average Bonchev–Trinajstić information content (AvgIpc) is 3.43. The van der Waals surface area contributed by atoms with Crippen LogP contribution in [0, 0.1) is 0 Å². The van der Waals surface area contributed by atoms with Crippen molar-refractivity contribution in [2.24, 2.45) is 0 Å². The summed E-state index contributed by atoms with van der Waals surface area (Å²) in [6.07, 6.45) is -4.29. The van der Waals surface area contributed by atoms with Gasteiger partial charge in [0.05, 0.1) is 17.2 Å². The number of sulfone groups is 1. The lowest BCUT2D eigenvalue weighted by atomic mass is 9.91. The van der Waals surface area contributed by atoms with Crippen LogP contribution in [0.1, 0.15) is 60.5 Å². The van der Waals surface area contributed by atoms with Gasteiger partial charge >= 0.3 is 12.3 Å². The number of alkyl halides is 3. The first kappa shape index (κ1) is 35.1. The number of rotatable bonds is 12. The van der Waals surface area contributed by atoms with Crippen LogP contribution >= 0.6 is 0 Å². The minimum Gasteiger partial charge on any atom is -0.444 e. The molecule has 2 aromatic carbocycles. The van der Waals surface area contributed by atoms with E-state index >= 15 is 0 Å². The minimum atomic E-state index is -4.88. The monoisotopic (exact) mass is 674 g/mol. The topological polar surface area (TPSA) is 158 Å². The number of ether oxygens (including phenoxy) is 1. The number of amides is 2. The number of halogens is 3. The van der Waals surface area contributed by atoms with Gasteiger partial charge in [0.25, 0.3) is 5.89 Å². The van der Waals surface area contributed by atoms with Crippen LogP contribution in [-0.2, 0) is 31.3 Å². The lowest BCUT2D eigenvalue weighted by Gasteiger charge is -2.22. The maximum absolute atomic E-state index is 13.6. The number of pyridine rings is 1. The summed E-state index contributed by atoms with van der Waals surface area (Å²) in [5, 5.41) is 2.68. The maximum atomic E-state index is 13.6. The molecular weight excluding hydrogens is 641 g/mol. The van der Waals surface area contributed by atoms with E-state index in [0.717, 1.165) is 12.4 Å². The molecule has 2 amide bonds. The van der Waals surface area contributed by atoms with Crippen molar-refractivity contribution in [1.29, 1.82) is 0 Å². The largest absolute Gasteiger partial charge is 0.444 e. The summed E-state index contributed by atoms with van der Waals surface area (Å²) < 4.78 is 78.6. The van der Waals surface area contributed by atoms with Gasteiger partial charge < -0.3 is 19.8 Å². The standard InChI is InChI=1S/C32H33F3N4O7S/c1-31(2,3)46-30(42)38-18-26(47(43,44)19-21-17-36-15-14-23(21)32(33,34)35)28(41)37-16-13-22(20-9-5-4-6-10-20)27(40)29-39-24-11-7-8-12-25(24)45-29/h4-12,14-15,17,22,26H,13,16,18-19H2,1-3H3,(H,37,41)(H,38,42). The van der Waals surface area contributed by atoms with Gasteiger partial charge in [0.2, 0.25) is 11.7 Å². The highest BCUT2D eigenvalue weighted by Gasteiger charge is 2.38. The number of benzene rings is 2. The number of nitrogens with one attached hydrogen (secondary N) is 2. The van der Waals surface area contributed by atoms with Gasteiger partial charge in [-0.3, -0.25) is 14.6 Å². The quantitative estimate of drug-likeness (QED) is 0.192. The van der Waals surface area contributed by atoms with E-state index < -0.39 is 74.0 Å². The van der Waals surface area contributed by atoms with Crippen molar-refractivity contribution >= 4 is 38.7 Å². The third-order valence-electron chi connectivity index (χ3n) is 6.88. The molecule has 0 aliphatic heterocycles. The van der Waals surface area contributed by atoms with E-state index in [1.165, 1.54) is 0 Å². The van der Waals surface area contributed by atoms with Crippen LogP contribution < -0.4 is 10.6 Å². The Morgan fingerprint density at radius 3 is 2.30 bits per heavy atom. The summed E-state index contributed by atoms with van der Waals surface area (Å²) in [4.78, 5) is 47.2. The van der Waals surface area contributed by atoms with E-state index in [4.69, 9.17) is 9.15 Å². The van der Waals surface area contributed by atoms with E-state index in [0.29, 0.717) is 22.7 Å². The van der Waals surface area contributed by atoms with E-state index in [9.17, 15) is 36.0 Å². The first-order valence-corrected chi connectivity index (χ1v) is 16.2. The van der Waals surface area contributed by atoms with Crippen LogP contribution in [0.25, 0.3) is 11.1 Å². The van der Waals surface area contributed by atoms with E-state index in [-0.39, 0.29) is 18.9 Å². The van der Waals surface area contributed by atoms with Crippen LogP contribution in [0.4, 0.5) is 18.0 Å². The van der Waals surface area contributed by atoms with Gasteiger partial charge in [0.15, 0.2) is 20.7 Å². The SMILES string of the molecule is CC(C)(C)OC(=O)NCC(C(=O)NCCC(C(=O)c1nc2ccccc2o1)c1ccccc1)S(=O)(=O)Cc1cnccc1C(F)(F)F. The van der Waals surface area contributed by atoms with Crippen LogP contribution in [0.3, 0.4) is 0 Å². The Morgan fingerprint density at radius 2 is 1.64 bits per heavy atom. The molecule has 0 saturated heterocycles. The molecule has 47 heavy (non-hydrogen) atoms. The van der Waals surface area contributed by atoms with Crippen molar-refractivity contribution in [3.05, 3.63) is 95.6 Å². The summed E-state index contributed by atoms with van der Waals surface area (Å²) in [6, 6.07) is 16.1. The first-order valence-electron chi connectivity index (χ1n) is 14.5. The normalized spacial score (nSPS) is 13.5. The lowest BCUT2D eigenvalue weighted by molar-refractivity contribution is -0.138. The number of hydrogen-bond acceptors (Lipinski definition) is 9. The molecule has 2 N–H and O–H groups in total. The second-order valence-electron chi connectivity index (χ2n) is 11.6. The van der Waals surface area contributed by atoms with E-state index in [2.05, 4.69) is 20.6 Å². The predicted molar refractivity (Wildman–Crippen MR) is 165 cm³/mol. The molecule has 2 atom stereocenters. The molecule has 250 valence electrons. The Morgan fingerprint density at radius 1 is 0.957 bits per heavy atom. The van der Waals surface area contributed by atoms with Crippen molar-refractivity contribution in [1.82, 2.24) is 20.6 Å². The van der Waals surface area contributed by atoms with E-state index in [1.54, 1.807) is 75.4 Å². The van der Waals surface area contributed by atoms with Crippen molar-refractivity contribution in [3.8, 4) is 0 Å². The Balaban J connectivity index is 1.55. The summed E-state index contributed by atoms with van der Waals surface area (Å²) in [5.41, 5.74) is -1.37. The zero-order valence-electron chi connectivity index (χ0n) is 25.7. The highest BCUT2D eigenvalue weighted by Crippen LogP contribution is 2.33. The van der Waals surface area contributed by atoms with Gasteiger partial charge in [-0.15, -0.1) is 0 Å². The fraction of sp³-hybridized carbons (Fsp3) is 0.344. The summed E-state index contributed by atoms with van der Waals surface area (Å²) in [5.74, 6) is -3.77. The molecule has 4 rings (SSSR count). The van der Waals surface area contributed by atoms with Crippen molar-refractivity contribution < 1.29 is 45.1 Å². The average molecular weight is 675 g/mol. The predicted octanol–water partition coefficient (Wildman–Crippen LogP) is 5.22. The van der Waals surface area contributed by atoms with E-state index in [1.807, 2.05) is 0 Å². The molecule has 2 heterocycles. The molecule has 0 aliphatic rings. The van der Waals surface area contributed by atoms with Gasteiger partial charge in [-0.25, -0.2) is 18.2 Å². The molecule has 4 aromatic rings. The number of Topliss-reactive ketones (excluding diaryl/α,β-unsaturated/α-hetero) is 1. The molecule has 2 aromatic heterocycles. The second-order valence-corrected chi connectivity index (χ2v) is 13.8. The Hall–Kier alpha value is -4.79. The van der Waals surface area contributed by atoms with Crippen LogP contribution in [-0.4, -0.2) is 60.1 Å². The Labute approximate surface area is 268 Å². The van der Waals surface area contributed by atoms with Crippen molar-refractivity contribution in [3.63, 3.8) is 0 Å². The fourth-order valence-corrected chi connectivity index (χ4v) is 6.34. The lowest BCUT2D eigenvalue weighted by Crippen LogP contribution is -2.48. The molecule has 0 fully saturated rings. The van der Waals surface area contributed by atoms with Crippen LogP contribution in [0.15, 0.2) is 77.5 Å². The Bertz CT molecular complexity index is 1810. The Kier molecular flexibility index (Phi) is 10.7. The summed E-state index contributed by atoms with van der Waals surface area (Å²) in [6.45, 7) is 3.69. The molecule has 0 aliphatic carbocycles. The number of alkyl carbamates (subject to hydrolysis) is 1. The zero-order chi connectivity index (χ0) is 34.4. The number of hydrogen-bond donors (Lipinski definition) is 2. The molecule has 0 radical (unpaired) electrons. The fourth-order valence-electron chi connectivity index (χ4n) is 4.72. The van der Waals surface area contributed by atoms with Crippen LogP contribution in [0.5, 0.6) is 0 Å². The number of carbonyl (C=O) groups excluding carboxylic acids is 3. The smallest absolute Gasteiger partial charge is 0.416 e. The third-order valence-corrected chi connectivity index (χ3v) is 8.84.